The Kier molecular flexibility index (Phi) is 5.12. The molecular weight excluding hydrogens is 209 g/mol. The first kappa shape index (κ1) is 12.5. The minimum atomic E-state index is -0.177. The lowest BCUT2D eigenvalue weighted by Crippen LogP contribution is -2.25. The highest BCUT2D eigenvalue weighted by Gasteiger charge is 2.06. The summed E-state index contributed by atoms with van der Waals surface area (Å²) < 4.78 is 12.7. The molecular formula is C12H18FNS. The first-order chi connectivity index (χ1) is 7.13. The second-order valence-electron chi connectivity index (χ2n) is 3.73. The molecule has 84 valence electrons. The van der Waals surface area contributed by atoms with Crippen LogP contribution in [0.5, 0.6) is 0 Å². The Balaban J connectivity index is 2.46. The van der Waals surface area contributed by atoms with Gasteiger partial charge in [0.25, 0.3) is 0 Å². The van der Waals surface area contributed by atoms with E-state index in [0.717, 1.165) is 12.1 Å². The predicted molar refractivity (Wildman–Crippen MR) is 65.8 cm³/mol. The van der Waals surface area contributed by atoms with Crippen LogP contribution in [0, 0.1) is 5.82 Å². The summed E-state index contributed by atoms with van der Waals surface area (Å²) in [6.45, 7) is 5.26. The molecule has 0 aliphatic heterocycles. The maximum atomic E-state index is 12.7. The molecule has 1 N–H and O–H groups in total. The van der Waals surface area contributed by atoms with Crippen molar-refractivity contribution in [3.05, 3.63) is 35.6 Å². The van der Waals surface area contributed by atoms with Gasteiger partial charge in [0.1, 0.15) is 5.82 Å². The van der Waals surface area contributed by atoms with Gasteiger partial charge in [-0.15, -0.1) is 0 Å². The summed E-state index contributed by atoms with van der Waals surface area (Å²) in [6, 6.07) is 6.95. The van der Waals surface area contributed by atoms with Crippen molar-refractivity contribution in [2.45, 2.75) is 25.1 Å². The van der Waals surface area contributed by atoms with Gasteiger partial charge < -0.3 is 5.32 Å². The van der Waals surface area contributed by atoms with E-state index >= 15 is 0 Å². The summed E-state index contributed by atoms with van der Waals surface area (Å²) in [6.07, 6.45) is 2.11. The van der Waals surface area contributed by atoms with Crippen LogP contribution in [0.2, 0.25) is 0 Å². The highest BCUT2D eigenvalue weighted by atomic mass is 32.2. The van der Waals surface area contributed by atoms with E-state index in [1.165, 1.54) is 12.1 Å². The van der Waals surface area contributed by atoms with E-state index in [4.69, 9.17) is 0 Å². The number of hydrogen-bond acceptors (Lipinski definition) is 2. The fourth-order valence-electron chi connectivity index (χ4n) is 1.30. The second-order valence-corrected chi connectivity index (χ2v) is 5.00. The molecule has 0 aliphatic rings. The monoisotopic (exact) mass is 227 g/mol. The minimum Gasteiger partial charge on any atom is -0.309 e. The molecule has 0 amide bonds. The van der Waals surface area contributed by atoms with Gasteiger partial charge in [0.05, 0.1) is 0 Å². The molecule has 0 spiro atoms. The fraction of sp³-hybridized carbons (Fsp3) is 0.500. The normalized spacial score (nSPS) is 14.9. The molecule has 1 rings (SSSR count). The molecule has 1 aromatic carbocycles. The lowest BCUT2D eigenvalue weighted by molar-refractivity contribution is 0.572. The van der Waals surface area contributed by atoms with Gasteiger partial charge in [-0.25, -0.2) is 4.39 Å². The number of hydrogen-bond donors (Lipinski definition) is 1. The van der Waals surface area contributed by atoms with Crippen molar-refractivity contribution in [1.29, 1.82) is 0 Å². The molecule has 1 nitrogen and oxygen atoms in total. The summed E-state index contributed by atoms with van der Waals surface area (Å²) in [5, 5.41) is 4.03. The lowest BCUT2D eigenvalue weighted by Gasteiger charge is -2.16. The Morgan fingerprint density at radius 3 is 2.40 bits per heavy atom. The van der Waals surface area contributed by atoms with Crippen molar-refractivity contribution in [3.8, 4) is 0 Å². The second kappa shape index (κ2) is 6.13. The Bertz CT molecular complexity index is 286. The zero-order valence-corrected chi connectivity index (χ0v) is 10.3. The number of benzene rings is 1. The largest absolute Gasteiger partial charge is 0.309 e. The lowest BCUT2D eigenvalue weighted by atomic mass is 10.1. The minimum absolute atomic E-state index is 0.177. The molecule has 0 aliphatic carbocycles. The van der Waals surface area contributed by atoms with Gasteiger partial charge in [-0.05, 0) is 30.9 Å². The Morgan fingerprint density at radius 2 is 1.87 bits per heavy atom. The first-order valence-corrected chi connectivity index (χ1v) is 6.44. The van der Waals surface area contributed by atoms with Crippen LogP contribution in [0.4, 0.5) is 4.39 Å². The van der Waals surface area contributed by atoms with Crippen molar-refractivity contribution in [3.63, 3.8) is 0 Å². The quantitative estimate of drug-likeness (QED) is 0.829. The summed E-state index contributed by atoms with van der Waals surface area (Å²) in [4.78, 5) is 0. The smallest absolute Gasteiger partial charge is 0.123 e. The van der Waals surface area contributed by atoms with Gasteiger partial charge >= 0.3 is 0 Å². The van der Waals surface area contributed by atoms with Gasteiger partial charge in [-0.1, -0.05) is 19.1 Å². The van der Waals surface area contributed by atoms with Gasteiger partial charge in [-0.2, -0.15) is 11.8 Å². The Labute approximate surface area is 95.5 Å². The van der Waals surface area contributed by atoms with Crippen LogP contribution in [0.1, 0.15) is 25.5 Å². The highest BCUT2D eigenvalue weighted by Crippen LogP contribution is 2.13. The van der Waals surface area contributed by atoms with E-state index in [2.05, 4.69) is 25.4 Å². The molecule has 0 bridgehead atoms. The molecule has 2 unspecified atom stereocenters. The molecule has 0 saturated carbocycles. The van der Waals surface area contributed by atoms with E-state index in [9.17, 15) is 4.39 Å². The number of nitrogens with one attached hydrogen (secondary N) is 1. The topological polar surface area (TPSA) is 12.0 Å². The number of rotatable bonds is 5. The van der Waals surface area contributed by atoms with Crippen LogP contribution < -0.4 is 5.32 Å². The van der Waals surface area contributed by atoms with Crippen molar-refractivity contribution < 1.29 is 4.39 Å². The van der Waals surface area contributed by atoms with E-state index in [0.29, 0.717) is 5.25 Å². The molecule has 0 fully saturated rings. The average Bonchev–Trinajstić information content (AvgIpc) is 2.26. The zero-order chi connectivity index (χ0) is 11.3. The van der Waals surface area contributed by atoms with Crippen molar-refractivity contribution in [2.75, 3.05) is 12.8 Å². The molecule has 3 heteroatoms. The predicted octanol–water partition coefficient (Wildman–Crippen LogP) is 3.23. The van der Waals surface area contributed by atoms with Crippen molar-refractivity contribution in [2.24, 2.45) is 0 Å². The van der Waals surface area contributed by atoms with Crippen LogP contribution in [0.15, 0.2) is 24.3 Å². The van der Waals surface area contributed by atoms with Crippen LogP contribution in [0.3, 0.4) is 0 Å². The third-order valence-electron chi connectivity index (χ3n) is 2.48. The summed E-state index contributed by atoms with van der Waals surface area (Å²) in [5.41, 5.74) is 1.13. The third kappa shape index (κ3) is 4.22. The molecule has 0 heterocycles. The zero-order valence-electron chi connectivity index (χ0n) is 9.46. The standard InChI is InChI=1S/C12H18FNS/c1-9(15-3)8-14-10(2)11-4-6-12(13)7-5-11/h4-7,9-10,14H,8H2,1-3H3. The SMILES string of the molecule is CSC(C)CNC(C)c1ccc(F)cc1. The van der Waals surface area contributed by atoms with Gasteiger partial charge in [0, 0.05) is 17.8 Å². The molecule has 0 saturated heterocycles. The molecule has 2 atom stereocenters. The number of thioether (sulfide) groups is 1. The van der Waals surface area contributed by atoms with Gasteiger partial charge in [0.15, 0.2) is 0 Å². The van der Waals surface area contributed by atoms with Crippen molar-refractivity contribution >= 4 is 11.8 Å². The van der Waals surface area contributed by atoms with Gasteiger partial charge in [-0.3, -0.25) is 0 Å². The fourth-order valence-corrected chi connectivity index (χ4v) is 1.56. The molecule has 1 aromatic rings. The van der Waals surface area contributed by atoms with E-state index in [-0.39, 0.29) is 11.9 Å². The maximum absolute atomic E-state index is 12.7. The van der Waals surface area contributed by atoms with E-state index < -0.39 is 0 Å². The highest BCUT2D eigenvalue weighted by molar-refractivity contribution is 7.99. The van der Waals surface area contributed by atoms with Crippen LogP contribution in [-0.4, -0.2) is 18.1 Å². The van der Waals surface area contributed by atoms with E-state index in [1.807, 2.05) is 23.9 Å². The molecule has 0 aromatic heterocycles. The van der Waals surface area contributed by atoms with Crippen LogP contribution in [-0.2, 0) is 0 Å². The van der Waals surface area contributed by atoms with Crippen LogP contribution in [0.25, 0.3) is 0 Å². The number of halogens is 1. The Hall–Kier alpha value is -0.540. The molecule has 0 radical (unpaired) electrons. The van der Waals surface area contributed by atoms with Crippen molar-refractivity contribution in [1.82, 2.24) is 5.32 Å². The first-order valence-electron chi connectivity index (χ1n) is 5.15. The third-order valence-corrected chi connectivity index (χ3v) is 3.46. The maximum Gasteiger partial charge on any atom is 0.123 e. The average molecular weight is 227 g/mol. The molecule has 15 heavy (non-hydrogen) atoms. The summed E-state index contributed by atoms with van der Waals surface area (Å²) >= 11 is 1.84. The van der Waals surface area contributed by atoms with Gasteiger partial charge in [0.2, 0.25) is 0 Å². The van der Waals surface area contributed by atoms with E-state index in [1.54, 1.807) is 0 Å². The summed E-state index contributed by atoms with van der Waals surface area (Å²) in [7, 11) is 0. The Morgan fingerprint density at radius 1 is 1.27 bits per heavy atom. The summed E-state index contributed by atoms with van der Waals surface area (Å²) in [5.74, 6) is -0.177. The van der Waals surface area contributed by atoms with Crippen LogP contribution >= 0.6 is 11.8 Å².